The molecule has 8 nitrogen and oxygen atoms in total. The summed E-state index contributed by atoms with van der Waals surface area (Å²) in [6, 6.07) is 10.4. The molecule has 1 aromatic carbocycles. The molecule has 9 heteroatoms. The van der Waals surface area contributed by atoms with E-state index < -0.39 is 0 Å². The van der Waals surface area contributed by atoms with Crippen molar-refractivity contribution in [3.63, 3.8) is 0 Å². The number of aryl methyl sites for hydroxylation is 1. The Morgan fingerprint density at radius 2 is 1.85 bits per heavy atom. The monoisotopic (exact) mass is 480 g/mol. The van der Waals surface area contributed by atoms with Gasteiger partial charge in [0.1, 0.15) is 12.1 Å². The summed E-state index contributed by atoms with van der Waals surface area (Å²) >= 11 is 0. The second-order valence-corrected chi connectivity index (χ2v) is 5.82. The third-order valence-electron chi connectivity index (χ3n) is 4.01. The summed E-state index contributed by atoms with van der Waals surface area (Å²) in [5.74, 6) is 1.58. The van der Waals surface area contributed by atoms with E-state index in [1.54, 1.807) is 24.3 Å². The predicted octanol–water partition coefficient (Wildman–Crippen LogP) is 1.80. The molecular formula is C18H25IN8. The van der Waals surface area contributed by atoms with Crippen molar-refractivity contribution in [1.29, 1.82) is 0 Å². The Balaban J connectivity index is 0.00000261. The lowest BCUT2D eigenvalue weighted by atomic mass is 10.1. The van der Waals surface area contributed by atoms with Crippen molar-refractivity contribution in [3.05, 3.63) is 48.4 Å². The zero-order chi connectivity index (χ0) is 18.2. The topological polar surface area (TPSA) is 92.1 Å². The van der Waals surface area contributed by atoms with Crippen LogP contribution >= 0.6 is 24.0 Å². The minimum atomic E-state index is 0. The number of guanidine groups is 1. The Morgan fingerprint density at radius 1 is 1.07 bits per heavy atom. The quantitative estimate of drug-likeness (QED) is 0.207. The second-order valence-electron chi connectivity index (χ2n) is 5.82. The van der Waals surface area contributed by atoms with Crippen molar-refractivity contribution in [2.45, 2.75) is 6.42 Å². The summed E-state index contributed by atoms with van der Waals surface area (Å²) in [6.45, 7) is 2.26. The average molecular weight is 480 g/mol. The van der Waals surface area contributed by atoms with Crippen LogP contribution in [0.1, 0.15) is 5.56 Å². The highest BCUT2D eigenvalue weighted by Gasteiger charge is 2.06. The number of nitrogens with one attached hydrogen (secondary N) is 3. The standard InChI is InChI=1S/C18H24N8.HI/c1-19-18(21-9-8-14-6-4-3-5-7-14)22-11-10-20-16-15-12-25-26(2)17(15)24-13-23-16;/h3-7,12-13H,8-11H2,1-2H3,(H2,19,21,22)(H,20,23,24);1H. The summed E-state index contributed by atoms with van der Waals surface area (Å²) < 4.78 is 1.74. The maximum atomic E-state index is 4.29. The first-order chi connectivity index (χ1) is 12.8. The van der Waals surface area contributed by atoms with Crippen LogP contribution in [0.4, 0.5) is 5.82 Å². The van der Waals surface area contributed by atoms with Gasteiger partial charge in [0.05, 0.1) is 11.6 Å². The van der Waals surface area contributed by atoms with Crippen LogP contribution in [-0.2, 0) is 13.5 Å². The van der Waals surface area contributed by atoms with Crippen molar-refractivity contribution in [1.82, 2.24) is 30.4 Å². The molecule has 0 aliphatic rings. The molecule has 3 aromatic rings. The zero-order valence-electron chi connectivity index (χ0n) is 15.5. The fourth-order valence-corrected chi connectivity index (χ4v) is 2.66. The van der Waals surface area contributed by atoms with Crippen molar-refractivity contribution in [3.8, 4) is 0 Å². The third-order valence-corrected chi connectivity index (χ3v) is 4.01. The van der Waals surface area contributed by atoms with Gasteiger partial charge in [0, 0.05) is 33.7 Å². The molecule has 27 heavy (non-hydrogen) atoms. The Labute approximate surface area is 175 Å². The lowest BCUT2D eigenvalue weighted by Crippen LogP contribution is -2.40. The van der Waals surface area contributed by atoms with Crippen LogP contribution < -0.4 is 16.0 Å². The predicted molar refractivity (Wildman–Crippen MR) is 120 cm³/mol. The molecule has 0 unspecified atom stereocenters. The van der Waals surface area contributed by atoms with Gasteiger partial charge in [-0.3, -0.25) is 9.67 Å². The molecule has 3 rings (SSSR count). The maximum Gasteiger partial charge on any atom is 0.191 e. The molecule has 0 spiro atoms. The SMILES string of the molecule is CN=C(NCCNc1ncnc2c1cnn2C)NCCc1ccccc1.I. The Hall–Kier alpha value is -2.43. The van der Waals surface area contributed by atoms with Gasteiger partial charge in [-0.2, -0.15) is 5.10 Å². The minimum absolute atomic E-state index is 0. The van der Waals surface area contributed by atoms with Gasteiger partial charge in [-0.05, 0) is 12.0 Å². The van der Waals surface area contributed by atoms with Gasteiger partial charge in [0.15, 0.2) is 11.6 Å². The smallest absolute Gasteiger partial charge is 0.191 e. The van der Waals surface area contributed by atoms with Gasteiger partial charge >= 0.3 is 0 Å². The molecule has 0 saturated heterocycles. The summed E-state index contributed by atoms with van der Waals surface area (Å²) in [6.07, 6.45) is 4.28. The number of rotatable bonds is 7. The molecule has 2 heterocycles. The molecule has 0 aliphatic heterocycles. The number of fused-ring (bicyclic) bond motifs is 1. The van der Waals surface area contributed by atoms with Crippen molar-refractivity contribution in [2.75, 3.05) is 32.0 Å². The third kappa shape index (κ3) is 5.78. The molecule has 0 aliphatic carbocycles. The van der Waals surface area contributed by atoms with E-state index >= 15 is 0 Å². The molecule has 0 atom stereocenters. The lowest BCUT2D eigenvalue weighted by molar-refractivity contribution is 0.785. The largest absolute Gasteiger partial charge is 0.368 e. The van der Waals surface area contributed by atoms with Gasteiger partial charge in [-0.15, -0.1) is 24.0 Å². The number of hydrogen-bond acceptors (Lipinski definition) is 5. The van der Waals surface area contributed by atoms with Gasteiger partial charge in [0.25, 0.3) is 0 Å². The summed E-state index contributed by atoms with van der Waals surface area (Å²) in [4.78, 5) is 12.8. The Morgan fingerprint density at radius 3 is 2.63 bits per heavy atom. The van der Waals surface area contributed by atoms with E-state index in [-0.39, 0.29) is 24.0 Å². The van der Waals surface area contributed by atoms with Crippen molar-refractivity contribution < 1.29 is 0 Å². The fourth-order valence-electron chi connectivity index (χ4n) is 2.66. The maximum absolute atomic E-state index is 4.29. The van der Waals surface area contributed by atoms with Crippen LogP contribution in [0.15, 0.2) is 47.8 Å². The minimum Gasteiger partial charge on any atom is -0.368 e. The molecule has 0 radical (unpaired) electrons. The van der Waals surface area contributed by atoms with Crippen molar-refractivity contribution >= 4 is 46.8 Å². The van der Waals surface area contributed by atoms with Crippen LogP contribution in [0.2, 0.25) is 0 Å². The van der Waals surface area contributed by atoms with E-state index in [4.69, 9.17) is 0 Å². The number of anilines is 1. The van der Waals surface area contributed by atoms with Crippen LogP contribution in [0.5, 0.6) is 0 Å². The molecule has 0 fully saturated rings. The van der Waals surface area contributed by atoms with E-state index in [0.29, 0.717) is 6.54 Å². The first-order valence-electron chi connectivity index (χ1n) is 8.63. The van der Waals surface area contributed by atoms with Gasteiger partial charge in [-0.1, -0.05) is 30.3 Å². The highest BCUT2D eigenvalue weighted by molar-refractivity contribution is 14.0. The molecule has 0 saturated carbocycles. The van der Waals surface area contributed by atoms with Crippen molar-refractivity contribution in [2.24, 2.45) is 12.0 Å². The highest BCUT2D eigenvalue weighted by Crippen LogP contribution is 2.16. The van der Waals surface area contributed by atoms with Gasteiger partial charge in [0.2, 0.25) is 0 Å². The van der Waals surface area contributed by atoms with Crippen LogP contribution in [-0.4, -0.2) is 52.4 Å². The van der Waals surface area contributed by atoms with Crippen LogP contribution in [0.3, 0.4) is 0 Å². The number of hydrogen-bond donors (Lipinski definition) is 3. The van der Waals surface area contributed by atoms with Crippen LogP contribution in [0, 0.1) is 0 Å². The Bertz CT molecular complexity index is 862. The normalized spacial score (nSPS) is 11.1. The first-order valence-corrected chi connectivity index (χ1v) is 8.63. The Kier molecular flexibility index (Phi) is 8.24. The number of benzene rings is 1. The molecule has 2 aromatic heterocycles. The zero-order valence-corrected chi connectivity index (χ0v) is 17.8. The molecule has 0 bridgehead atoms. The number of aromatic nitrogens is 4. The van der Waals surface area contributed by atoms with E-state index in [9.17, 15) is 0 Å². The molecule has 3 N–H and O–H groups in total. The average Bonchev–Trinajstić information content (AvgIpc) is 3.06. The number of aliphatic imine (C=N–C) groups is 1. The van der Waals surface area contributed by atoms with Crippen LogP contribution in [0.25, 0.3) is 11.0 Å². The van der Waals surface area contributed by atoms with E-state index in [1.165, 1.54) is 5.56 Å². The summed E-state index contributed by atoms with van der Waals surface area (Å²) in [5.41, 5.74) is 2.12. The summed E-state index contributed by atoms with van der Waals surface area (Å²) in [5, 5.41) is 15.1. The molecule has 144 valence electrons. The number of nitrogens with zero attached hydrogens (tertiary/aromatic N) is 5. The first kappa shape index (κ1) is 20.9. The fraction of sp³-hybridized carbons (Fsp3) is 0.333. The second kappa shape index (κ2) is 10.7. The molecular weight excluding hydrogens is 455 g/mol. The molecule has 0 amide bonds. The highest BCUT2D eigenvalue weighted by atomic mass is 127. The van der Waals surface area contributed by atoms with Gasteiger partial charge in [-0.25, -0.2) is 9.97 Å². The summed E-state index contributed by atoms with van der Waals surface area (Å²) in [7, 11) is 3.64. The van der Waals surface area contributed by atoms with E-state index in [2.05, 4.69) is 60.3 Å². The van der Waals surface area contributed by atoms with Gasteiger partial charge < -0.3 is 16.0 Å². The lowest BCUT2D eigenvalue weighted by Gasteiger charge is -2.12. The van der Waals surface area contributed by atoms with E-state index in [1.807, 2.05) is 13.1 Å². The van der Waals surface area contributed by atoms with E-state index in [0.717, 1.165) is 42.3 Å². The number of halogens is 1.